The topological polar surface area (TPSA) is 67.4 Å². The van der Waals surface area contributed by atoms with Crippen molar-refractivity contribution in [2.24, 2.45) is 0 Å². The predicted octanol–water partition coefficient (Wildman–Crippen LogP) is 3.65. The second-order valence-corrected chi connectivity index (χ2v) is 5.69. The summed E-state index contributed by atoms with van der Waals surface area (Å²) in [5.74, 6) is -0.298. The molecule has 0 heterocycles. The monoisotopic (exact) mass is 366 g/mol. The SMILES string of the molecule is O=C(NCCNC(=O)c1ccc(Cl)c(Cl)c1)OCc1ccccc1. The molecule has 7 heteroatoms. The van der Waals surface area contributed by atoms with E-state index >= 15 is 0 Å². The Balaban J connectivity index is 1.65. The number of benzene rings is 2. The molecule has 0 aliphatic rings. The van der Waals surface area contributed by atoms with Crippen LogP contribution in [-0.2, 0) is 11.3 Å². The summed E-state index contributed by atoms with van der Waals surface area (Å²) in [4.78, 5) is 23.4. The summed E-state index contributed by atoms with van der Waals surface area (Å²) >= 11 is 11.7. The summed E-state index contributed by atoms with van der Waals surface area (Å²) in [5, 5.41) is 5.92. The number of halogens is 2. The van der Waals surface area contributed by atoms with Gasteiger partial charge in [0.05, 0.1) is 10.0 Å². The highest BCUT2D eigenvalue weighted by Gasteiger charge is 2.08. The Bertz CT molecular complexity index is 708. The summed E-state index contributed by atoms with van der Waals surface area (Å²) in [6.07, 6.45) is -0.539. The van der Waals surface area contributed by atoms with E-state index in [9.17, 15) is 9.59 Å². The number of amides is 2. The third-order valence-electron chi connectivity index (χ3n) is 3.07. The molecule has 0 bridgehead atoms. The van der Waals surface area contributed by atoms with Gasteiger partial charge >= 0.3 is 6.09 Å². The summed E-state index contributed by atoms with van der Waals surface area (Å²) in [7, 11) is 0. The van der Waals surface area contributed by atoms with Gasteiger partial charge in [-0.25, -0.2) is 4.79 Å². The van der Waals surface area contributed by atoms with E-state index in [4.69, 9.17) is 27.9 Å². The van der Waals surface area contributed by atoms with Gasteiger partial charge in [0.1, 0.15) is 6.61 Å². The van der Waals surface area contributed by atoms with Gasteiger partial charge in [0.15, 0.2) is 0 Å². The number of hydrogen-bond acceptors (Lipinski definition) is 3. The van der Waals surface area contributed by atoms with Crippen molar-refractivity contribution in [1.82, 2.24) is 10.6 Å². The average Bonchev–Trinajstić information content (AvgIpc) is 2.60. The lowest BCUT2D eigenvalue weighted by molar-refractivity contribution is 0.0951. The van der Waals surface area contributed by atoms with Crippen LogP contribution in [0, 0.1) is 0 Å². The maximum atomic E-state index is 11.9. The zero-order valence-corrected chi connectivity index (χ0v) is 14.2. The van der Waals surface area contributed by atoms with Crippen LogP contribution in [0.3, 0.4) is 0 Å². The van der Waals surface area contributed by atoms with Gasteiger partial charge in [-0.3, -0.25) is 4.79 Å². The first-order valence-corrected chi connectivity index (χ1v) is 7.99. The smallest absolute Gasteiger partial charge is 0.407 e. The first-order chi connectivity index (χ1) is 11.6. The van der Waals surface area contributed by atoms with Crippen LogP contribution in [0.25, 0.3) is 0 Å². The summed E-state index contributed by atoms with van der Waals surface area (Å²) in [5.41, 5.74) is 1.30. The maximum Gasteiger partial charge on any atom is 0.407 e. The van der Waals surface area contributed by atoms with Crippen molar-refractivity contribution in [3.05, 3.63) is 69.7 Å². The summed E-state index contributed by atoms with van der Waals surface area (Å²) in [6, 6.07) is 14.0. The molecule has 2 N–H and O–H groups in total. The second-order valence-electron chi connectivity index (χ2n) is 4.87. The molecule has 24 heavy (non-hydrogen) atoms. The maximum absolute atomic E-state index is 11.9. The Morgan fingerprint density at radius 3 is 2.33 bits per heavy atom. The van der Waals surface area contributed by atoms with E-state index in [1.165, 1.54) is 6.07 Å². The fourth-order valence-electron chi connectivity index (χ4n) is 1.85. The van der Waals surface area contributed by atoms with Crippen molar-refractivity contribution in [2.75, 3.05) is 13.1 Å². The molecule has 0 aromatic heterocycles. The highest BCUT2D eigenvalue weighted by molar-refractivity contribution is 6.42. The van der Waals surface area contributed by atoms with Gasteiger partial charge in [-0.05, 0) is 23.8 Å². The quantitative estimate of drug-likeness (QED) is 0.766. The Kier molecular flexibility index (Phi) is 6.90. The van der Waals surface area contributed by atoms with E-state index in [0.717, 1.165) is 5.56 Å². The standard InChI is InChI=1S/C17H16Cl2N2O3/c18-14-7-6-13(10-15(14)19)16(22)20-8-9-21-17(23)24-11-12-4-2-1-3-5-12/h1-7,10H,8-9,11H2,(H,20,22)(H,21,23). The van der Waals surface area contributed by atoms with Crippen LogP contribution >= 0.6 is 23.2 Å². The zero-order chi connectivity index (χ0) is 17.4. The molecule has 0 unspecified atom stereocenters. The fourth-order valence-corrected chi connectivity index (χ4v) is 2.15. The van der Waals surface area contributed by atoms with Crippen LogP contribution in [0.15, 0.2) is 48.5 Å². The Morgan fingerprint density at radius 1 is 0.917 bits per heavy atom. The molecule has 2 aromatic carbocycles. The van der Waals surface area contributed by atoms with Gasteiger partial charge < -0.3 is 15.4 Å². The Labute approximate surface area is 149 Å². The predicted molar refractivity (Wildman–Crippen MR) is 93.4 cm³/mol. The molecule has 0 saturated carbocycles. The van der Waals surface area contributed by atoms with Crippen LogP contribution < -0.4 is 10.6 Å². The molecule has 0 radical (unpaired) electrons. The summed E-state index contributed by atoms with van der Waals surface area (Å²) in [6.45, 7) is 0.711. The van der Waals surface area contributed by atoms with Gasteiger partial charge in [-0.15, -0.1) is 0 Å². The molecular weight excluding hydrogens is 351 g/mol. The van der Waals surface area contributed by atoms with Crippen LogP contribution in [0.2, 0.25) is 10.0 Å². The van der Waals surface area contributed by atoms with Crippen LogP contribution in [0.5, 0.6) is 0 Å². The van der Waals surface area contributed by atoms with Gasteiger partial charge in [0.25, 0.3) is 5.91 Å². The molecule has 2 aromatic rings. The van der Waals surface area contributed by atoms with Crippen molar-refractivity contribution in [3.63, 3.8) is 0 Å². The van der Waals surface area contributed by atoms with E-state index in [1.54, 1.807) is 12.1 Å². The molecule has 2 rings (SSSR count). The number of nitrogens with one attached hydrogen (secondary N) is 2. The minimum atomic E-state index is -0.539. The van der Waals surface area contributed by atoms with Crippen molar-refractivity contribution >= 4 is 35.2 Å². The molecule has 0 fully saturated rings. The molecule has 0 spiro atoms. The van der Waals surface area contributed by atoms with Crippen LogP contribution in [-0.4, -0.2) is 25.1 Å². The van der Waals surface area contributed by atoms with Crippen molar-refractivity contribution in [2.45, 2.75) is 6.61 Å². The number of hydrogen-bond donors (Lipinski definition) is 2. The first kappa shape index (κ1) is 18.1. The molecule has 0 saturated heterocycles. The molecule has 0 aliphatic carbocycles. The minimum Gasteiger partial charge on any atom is -0.445 e. The number of carbonyl (C=O) groups is 2. The van der Waals surface area contributed by atoms with Gasteiger partial charge in [0.2, 0.25) is 0 Å². The third-order valence-corrected chi connectivity index (χ3v) is 3.81. The van der Waals surface area contributed by atoms with E-state index < -0.39 is 6.09 Å². The molecule has 0 atom stereocenters. The number of carbonyl (C=O) groups excluding carboxylic acids is 2. The number of rotatable bonds is 6. The lowest BCUT2D eigenvalue weighted by Gasteiger charge is -2.08. The second kappa shape index (κ2) is 9.15. The molecule has 126 valence electrons. The van der Waals surface area contributed by atoms with Crippen molar-refractivity contribution in [3.8, 4) is 0 Å². The van der Waals surface area contributed by atoms with E-state index in [-0.39, 0.29) is 25.6 Å². The Morgan fingerprint density at radius 2 is 1.62 bits per heavy atom. The third kappa shape index (κ3) is 5.76. The largest absolute Gasteiger partial charge is 0.445 e. The molecule has 5 nitrogen and oxygen atoms in total. The van der Waals surface area contributed by atoms with Crippen LogP contribution in [0.1, 0.15) is 15.9 Å². The average molecular weight is 367 g/mol. The lowest BCUT2D eigenvalue weighted by atomic mass is 10.2. The minimum absolute atomic E-state index is 0.197. The van der Waals surface area contributed by atoms with Crippen molar-refractivity contribution < 1.29 is 14.3 Å². The van der Waals surface area contributed by atoms with E-state index in [0.29, 0.717) is 15.6 Å². The highest BCUT2D eigenvalue weighted by Crippen LogP contribution is 2.22. The zero-order valence-electron chi connectivity index (χ0n) is 12.7. The molecule has 2 amide bonds. The van der Waals surface area contributed by atoms with E-state index in [1.807, 2.05) is 30.3 Å². The van der Waals surface area contributed by atoms with E-state index in [2.05, 4.69) is 10.6 Å². The van der Waals surface area contributed by atoms with Gasteiger partial charge in [-0.2, -0.15) is 0 Å². The molecule has 0 aliphatic heterocycles. The normalized spacial score (nSPS) is 10.1. The van der Waals surface area contributed by atoms with Crippen molar-refractivity contribution in [1.29, 1.82) is 0 Å². The van der Waals surface area contributed by atoms with Crippen LogP contribution in [0.4, 0.5) is 4.79 Å². The lowest BCUT2D eigenvalue weighted by Crippen LogP contribution is -2.34. The fraction of sp³-hybridized carbons (Fsp3) is 0.176. The Hall–Kier alpha value is -2.24. The summed E-state index contributed by atoms with van der Waals surface area (Å²) < 4.78 is 5.05. The van der Waals surface area contributed by atoms with Gasteiger partial charge in [0, 0.05) is 18.7 Å². The molecular formula is C17H16Cl2N2O3. The number of alkyl carbamates (subject to hydrolysis) is 1. The first-order valence-electron chi connectivity index (χ1n) is 7.24. The van der Waals surface area contributed by atoms with Gasteiger partial charge in [-0.1, -0.05) is 53.5 Å². The highest BCUT2D eigenvalue weighted by atomic mass is 35.5. The number of ether oxygens (including phenoxy) is 1.